The molecule has 12 heavy (non-hydrogen) atoms. The minimum Gasteiger partial charge on any atom is -0.207 e. The van der Waals surface area contributed by atoms with Crippen molar-refractivity contribution in [2.45, 2.75) is 13.8 Å². The smallest absolute Gasteiger partial charge is 0.123 e. The SMILES string of the molecule is C=C(F)c1ccc(Cl)cc1.CC. The molecule has 2 heteroatoms. The maximum atomic E-state index is 12.3. The van der Waals surface area contributed by atoms with Crippen LogP contribution in [-0.4, -0.2) is 0 Å². The number of halogens is 2. The van der Waals surface area contributed by atoms with Crippen LogP contribution < -0.4 is 0 Å². The van der Waals surface area contributed by atoms with E-state index >= 15 is 0 Å². The summed E-state index contributed by atoms with van der Waals surface area (Å²) in [4.78, 5) is 0. The number of hydrogen-bond acceptors (Lipinski definition) is 0. The number of hydrogen-bond donors (Lipinski definition) is 0. The van der Waals surface area contributed by atoms with Crippen molar-refractivity contribution in [3.05, 3.63) is 41.4 Å². The summed E-state index contributed by atoms with van der Waals surface area (Å²) >= 11 is 5.56. The molecule has 1 aromatic carbocycles. The Kier molecular flexibility index (Phi) is 5.39. The molecular formula is C10H12ClF. The van der Waals surface area contributed by atoms with Gasteiger partial charge in [-0.15, -0.1) is 0 Å². The van der Waals surface area contributed by atoms with Gasteiger partial charge in [0.05, 0.1) is 0 Å². The topological polar surface area (TPSA) is 0 Å². The van der Waals surface area contributed by atoms with E-state index in [1.165, 1.54) is 0 Å². The first-order valence-electron chi connectivity index (χ1n) is 3.80. The summed E-state index contributed by atoms with van der Waals surface area (Å²) in [6.45, 7) is 7.15. The summed E-state index contributed by atoms with van der Waals surface area (Å²) < 4.78 is 12.3. The van der Waals surface area contributed by atoms with Gasteiger partial charge in [0.15, 0.2) is 0 Å². The fourth-order valence-corrected chi connectivity index (χ4v) is 0.757. The van der Waals surface area contributed by atoms with Gasteiger partial charge in [0, 0.05) is 10.6 Å². The predicted octanol–water partition coefficient (Wildman–Crippen LogP) is 4.31. The molecule has 1 rings (SSSR count). The summed E-state index contributed by atoms with van der Waals surface area (Å²) in [5.74, 6) is -0.434. The van der Waals surface area contributed by atoms with Gasteiger partial charge in [-0.2, -0.15) is 0 Å². The average molecular weight is 187 g/mol. The quantitative estimate of drug-likeness (QED) is 0.613. The van der Waals surface area contributed by atoms with E-state index in [1.807, 2.05) is 13.8 Å². The van der Waals surface area contributed by atoms with Crippen LogP contribution >= 0.6 is 11.6 Å². The van der Waals surface area contributed by atoms with E-state index in [2.05, 4.69) is 6.58 Å². The van der Waals surface area contributed by atoms with Gasteiger partial charge >= 0.3 is 0 Å². The fraction of sp³-hybridized carbons (Fsp3) is 0.200. The molecule has 0 atom stereocenters. The molecule has 0 unspecified atom stereocenters. The van der Waals surface area contributed by atoms with E-state index in [0.29, 0.717) is 10.6 Å². The molecule has 0 aliphatic heterocycles. The second-order valence-corrected chi connectivity index (χ2v) is 2.35. The second kappa shape index (κ2) is 5.78. The van der Waals surface area contributed by atoms with Crippen molar-refractivity contribution >= 4 is 17.4 Å². The molecule has 0 bridgehead atoms. The van der Waals surface area contributed by atoms with Crippen molar-refractivity contribution in [2.24, 2.45) is 0 Å². The molecule has 0 saturated carbocycles. The van der Waals surface area contributed by atoms with Crippen LogP contribution in [0.15, 0.2) is 30.8 Å². The van der Waals surface area contributed by atoms with Crippen LogP contribution in [-0.2, 0) is 0 Å². The summed E-state index contributed by atoms with van der Waals surface area (Å²) in [6, 6.07) is 6.43. The van der Waals surface area contributed by atoms with Crippen molar-refractivity contribution in [1.82, 2.24) is 0 Å². The Bertz CT molecular complexity index is 239. The van der Waals surface area contributed by atoms with Crippen LogP contribution in [0.3, 0.4) is 0 Å². The first-order valence-corrected chi connectivity index (χ1v) is 4.18. The Hall–Kier alpha value is -0.820. The summed E-state index contributed by atoms with van der Waals surface area (Å²) in [5.41, 5.74) is 0.476. The molecule has 0 aliphatic rings. The Balaban J connectivity index is 0.000000561. The van der Waals surface area contributed by atoms with Gasteiger partial charge in [0.25, 0.3) is 0 Å². The average Bonchev–Trinajstić information content (AvgIpc) is 2.09. The maximum absolute atomic E-state index is 12.3. The van der Waals surface area contributed by atoms with Crippen LogP contribution in [0.4, 0.5) is 4.39 Å². The van der Waals surface area contributed by atoms with Crippen molar-refractivity contribution in [3.63, 3.8) is 0 Å². The highest BCUT2D eigenvalue weighted by Crippen LogP contribution is 2.16. The molecule has 0 saturated heterocycles. The third-order valence-electron chi connectivity index (χ3n) is 1.16. The number of benzene rings is 1. The van der Waals surface area contributed by atoms with Crippen LogP contribution in [0.5, 0.6) is 0 Å². The summed E-state index contributed by atoms with van der Waals surface area (Å²) in [5, 5.41) is 0.602. The lowest BCUT2D eigenvalue weighted by molar-refractivity contribution is 0.763. The van der Waals surface area contributed by atoms with E-state index in [9.17, 15) is 4.39 Å². The third kappa shape index (κ3) is 3.54. The molecule has 0 heterocycles. The van der Waals surface area contributed by atoms with Crippen LogP contribution in [0.1, 0.15) is 19.4 Å². The highest BCUT2D eigenvalue weighted by atomic mass is 35.5. The molecule has 0 fully saturated rings. The predicted molar refractivity (Wildman–Crippen MR) is 52.9 cm³/mol. The van der Waals surface area contributed by atoms with Gasteiger partial charge in [-0.05, 0) is 12.1 Å². The lowest BCUT2D eigenvalue weighted by atomic mass is 10.2. The molecule has 0 amide bonds. The zero-order valence-corrected chi connectivity index (χ0v) is 8.03. The van der Waals surface area contributed by atoms with Gasteiger partial charge in [0.1, 0.15) is 5.83 Å². The normalized spacial score (nSPS) is 8.33. The van der Waals surface area contributed by atoms with Crippen molar-refractivity contribution in [2.75, 3.05) is 0 Å². The van der Waals surface area contributed by atoms with E-state index in [-0.39, 0.29) is 0 Å². The maximum Gasteiger partial charge on any atom is 0.123 e. The van der Waals surface area contributed by atoms with Crippen molar-refractivity contribution in [1.29, 1.82) is 0 Å². The molecular weight excluding hydrogens is 175 g/mol. The Labute approximate surface area is 77.7 Å². The lowest BCUT2D eigenvalue weighted by Gasteiger charge is -1.93. The van der Waals surface area contributed by atoms with Crippen LogP contribution in [0, 0.1) is 0 Å². The van der Waals surface area contributed by atoms with Crippen molar-refractivity contribution in [3.8, 4) is 0 Å². The molecule has 0 aliphatic carbocycles. The minimum absolute atomic E-state index is 0.434. The zero-order valence-electron chi connectivity index (χ0n) is 7.27. The minimum atomic E-state index is -0.434. The zero-order chi connectivity index (χ0) is 9.56. The standard InChI is InChI=1S/C8H6ClF.C2H6/c1-6(10)7-2-4-8(9)5-3-7;1-2/h2-5H,1H2;1-2H3. The van der Waals surface area contributed by atoms with E-state index in [0.717, 1.165) is 0 Å². The van der Waals surface area contributed by atoms with Crippen LogP contribution in [0.25, 0.3) is 5.83 Å². The molecule has 1 aromatic rings. The molecule has 66 valence electrons. The second-order valence-electron chi connectivity index (χ2n) is 1.91. The first-order chi connectivity index (χ1) is 5.70. The molecule has 0 nitrogen and oxygen atoms in total. The van der Waals surface area contributed by atoms with Gasteiger partial charge in [-0.3, -0.25) is 0 Å². The lowest BCUT2D eigenvalue weighted by Crippen LogP contribution is -1.73. The fourth-order valence-electron chi connectivity index (χ4n) is 0.631. The van der Waals surface area contributed by atoms with Gasteiger partial charge in [0.2, 0.25) is 0 Å². The molecule has 0 spiro atoms. The van der Waals surface area contributed by atoms with Gasteiger partial charge < -0.3 is 0 Å². The Morgan fingerprint density at radius 1 is 1.25 bits per heavy atom. The number of rotatable bonds is 1. The van der Waals surface area contributed by atoms with Crippen molar-refractivity contribution < 1.29 is 4.39 Å². The highest BCUT2D eigenvalue weighted by molar-refractivity contribution is 6.30. The molecule has 0 radical (unpaired) electrons. The van der Waals surface area contributed by atoms with Crippen LogP contribution in [0.2, 0.25) is 5.02 Å². The van der Waals surface area contributed by atoms with E-state index in [1.54, 1.807) is 24.3 Å². The summed E-state index contributed by atoms with van der Waals surface area (Å²) in [7, 11) is 0. The largest absolute Gasteiger partial charge is 0.207 e. The Morgan fingerprint density at radius 3 is 2.00 bits per heavy atom. The third-order valence-corrected chi connectivity index (χ3v) is 1.41. The highest BCUT2D eigenvalue weighted by Gasteiger charge is 1.94. The monoisotopic (exact) mass is 186 g/mol. The molecule has 0 aromatic heterocycles. The molecule has 0 N–H and O–H groups in total. The summed E-state index contributed by atoms with van der Waals surface area (Å²) in [6.07, 6.45) is 0. The van der Waals surface area contributed by atoms with Gasteiger partial charge in [-0.25, -0.2) is 4.39 Å². The first kappa shape index (κ1) is 11.2. The van der Waals surface area contributed by atoms with E-state index in [4.69, 9.17) is 11.6 Å². The van der Waals surface area contributed by atoms with Gasteiger partial charge in [-0.1, -0.05) is 44.2 Å². The Morgan fingerprint density at radius 2 is 1.67 bits per heavy atom. The van der Waals surface area contributed by atoms with E-state index < -0.39 is 5.83 Å².